The number of benzene rings is 1. The van der Waals surface area contributed by atoms with Gasteiger partial charge in [0.25, 0.3) is 0 Å². The molecule has 0 aliphatic rings. The summed E-state index contributed by atoms with van der Waals surface area (Å²) >= 11 is 1.70. The van der Waals surface area contributed by atoms with Crippen molar-refractivity contribution in [3.63, 3.8) is 0 Å². The Balaban J connectivity index is 0.00000361. The smallest absolute Gasteiger partial charge is 0.236 e. The van der Waals surface area contributed by atoms with Crippen molar-refractivity contribution in [1.82, 2.24) is 5.32 Å². The predicted octanol–water partition coefficient (Wildman–Crippen LogP) is 1.86. The summed E-state index contributed by atoms with van der Waals surface area (Å²) in [4.78, 5) is 11.7. The Morgan fingerprint density at radius 3 is 2.90 bits per heavy atom. The van der Waals surface area contributed by atoms with Crippen molar-refractivity contribution in [2.75, 3.05) is 25.7 Å². The molecule has 0 fully saturated rings. The number of rotatable bonds is 8. The number of amides is 1. The quantitative estimate of drug-likeness (QED) is 0.768. The second-order valence-electron chi connectivity index (χ2n) is 4.28. The van der Waals surface area contributed by atoms with E-state index in [1.165, 1.54) is 0 Å². The number of carbonyl (C=O) groups excluding carboxylic acids is 1. The summed E-state index contributed by atoms with van der Waals surface area (Å²) in [6.45, 7) is 0.596. The molecule has 0 saturated carbocycles. The van der Waals surface area contributed by atoms with E-state index >= 15 is 0 Å². The van der Waals surface area contributed by atoms with Crippen molar-refractivity contribution in [2.24, 2.45) is 5.73 Å². The third-order valence-electron chi connectivity index (χ3n) is 2.82. The predicted molar refractivity (Wildman–Crippen MR) is 87.9 cm³/mol. The van der Waals surface area contributed by atoms with Crippen molar-refractivity contribution < 1.29 is 9.53 Å². The number of methoxy groups -OCH3 is 1. The minimum Gasteiger partial charge on any atom is -0.497 e. The molecule has 0 aliphatic heterocycles. The molecule has 0 spiro atoms. The molecule has 6 heteroatoms. The molecule has 1 aromatic rings. The van der Waals surface area contributed by atoms with Crippen LogP contribution in [-0.4, -0.2) is 37.6 Å². The van der Waals surface area contributed by atoms with Crippen molar-refractivity contribution >= 4 is 30.1 Å². The Morgan fingerprint density at radius 1 is 1.50 bits per heavy atom. The van der Waals surface area contributed by atoms with Gasteiger partial charge in [-0.25, -0.2) is 0 Å². The fourth-order valence-corrected chi connectivity index (χ4v) is 2.15. The highest BCUT2D eigenvalue weighted by molar-refractivity contribution is 7.98. The summed E-state index contributed by atoms with van der Waals surface area (Å²) in [5.41, 5.74) is 6.92. The molecule has 1 aromatic carbocycles. The molecular weight excluding hydrogens is 296 g/mol. The van der Waals surface area contributed by atoms with Gasteiger partial charge in [-0.05, 0) is 42.5 Å². The van der Waals surface area contributed by atoms with Gasteiger partial charge in [0.15, 0.2) is 0 Å². The zero-order valence-electron chi connectivity index (χ0n) is 11.9. The third kappa shape index (κ3) is 7.03. The number of ether oxygens (including phenoxy) is 1. The van der Waals surface area contributed by atoms with Gasteiger partial charge in [0.1, 0.15) is 5.75 Å². The highest BCUT2D eigenvalue weighted by atomic mass is 35.5. The summed E-state index contributed by atoms with van der Waals surface area (Å²) in [6, 6.07) is 7.43. The molecule has 1 atom stereocenters. The molecule has 0 saturated heterocycles. The minimum atomic E-state index is -0.405. The van der Waals surface area contributed by atoms with Crippen LogP contribution in [0.2, 0.25) is 0 Å². The molecule has 0 unspecified atom stereocenters. The van der Waals surface area contributed by atoms with Gasteiger partial charge in [0, 0.05) is 6.54 Å². The monoisotopic (exact) mass is 318 g/mol. The Morgan fingerprint density at radius 2 is 2.25 bits per heavy atom. The third-order valence-corrected chi connectivity index (χ3v) is 3.46. The lowest BCUT2D eigenvalue weighted by Crippen LogP contribution is -2.41. The standard InChI is InChI=1S/C14H22N2O2S.ClH/c1-18-12-5-3-4-11(10-12)6-8-16-14(17)13(15)7-9-19-2;/h3-5,10,13H,6-9,15H2,1-2H3,(H,16,17);1H/t13-;/m0./s1. The summed E-state index contributed by atoms with van der Waals surface area (Å²) in [5.74, 6) is 1.67. The number of thioether (sulfide) groups is 1. The average Bonchev–Trinajstić information content (AvgIpc) is 2.44. The van der Waals surface area contributed by atoms with Crippen LogP contribution in [0.5, 0.6) is 5.75 Å². The lowest BCUT2D eigenvalue weighted by Gasteiger charge is -2.11. The van der Waals surface area contributed by atoms with Crippen molar-refractivity contribution in [2.45, 2.75) is 18.9 Å². The average molecular weight is 319 g/mol. The second-order valence-corrected chi connectivity index (χ2v) is 5.27. The highest BCUT2D eigenvalue weighted by Gasteiger charge is 2.11. The first-order valence-electron chi connectivity index (χ1n) is 6.32. The number of carbonyl (C=O) groups is 1. The van der Waals surface area contributed by atoms with Crippen LogP contribution in [-0.2, 0) is 11.2 Å². The summed E-state index contributed by atoms with van der Waals surface area (Å²) in [5, 5.41) is 2.86. The van der Waals surface area contributed by atoms with E-state index in [-0.39, 0.29) is 18.3 Å². The molecule has 3 N–H and O–H groups in total. The van der Waals surface area contributed by atoms with Crippen molar-refractivity contribution in [3.05, 3.63) is 29.8 Å². The Bertz CT molecular complexity index is 405. The van der Waals surface area contributed by atoms with Crippen LogP contribution in [0.4, 0.5) is 0 Å². The maximum atomic E-state index is 11.7. The molecule has 4 nitrogen and oxygen atoms in total. The van der Waals surface area contributed by atoms with Crippen LogP contribution in [0.3, 0.4) is 0 Å². The Labute approximate surface area is 131 Å². The SMILES string of the molecule is COc1cccc(CCNC(=O)[C@@H](N)CCSC)c1.Cl. The van der Waals surface area contributed by atoms with Gasteiger partial charge < -0.3 is 15.8 Å². The zero-order valence-corrected chi connectivity index (χ0v) is 13.6. The summed E-state index contributed by atoms with van der Waals surface area (Å²) < 4.78 is 5.16. The molecule has 0 heterocycles. The molecule has 20 heavy (non-hydrogen) atoms. The van der Waals surface area contributed by atoms with Crippen molar-refractivity contribution in [3.8, 4) is 5.75 Å². The highest BCUT2D eigenvalue weighted by Crippen LogP contribution is 2.12. The number of hydrogen-bond acceptors (Lipinski definition) is 4. The van der Waals surface area contributed by atoms with Gasteiger partial charge in [-0.15, -0.1) is 12.4 Å². The van der Waals surface area contributed by atoms with E-state index in [0.29, 0.717) is 13.0 Å². The molecule has 0 radical (unpaired) electrons. The van der Waals surface area contributed by atoms with Crippen LogP contribution < -0.4 is 15.8 Å². The van der Waals surface area contributed by atoms with E-state index in [1.807, 2.05) is 30.5 Å². The van der Waals surface area contributed by atoms with Gasteiger partial charge in [0.05, 0.1) is 13.2 Å². The largest absolute Gasteiger partial charge is 0.497 e. The van der Waals surface area contributed by atoms with Crippen LogP contribution >= 0.6 is 24.2 Å². The minimum absolute atomic E-state index is 0. The first-order valence-corrected chi connectivity index (χ1v) is 7.72. The lowest BCUT2D eigenvalue weighted by molar-refractivity contribution is -0.122. The van der Waals surface area contributed by atoms with E-state index in [0.717, 1.165) is 23.5 Å². The van der Waals surface area contributed by atoms with Gasteiger partial charge in [-0.1, -0.05) is 12.1 Å². The van der Waals surface area contributed by atoms with Crippen LogP contribution in [0.25, 0.3) is 0 Å². The van der Waals surface area contributed by atoms with E-state index in [2.05, 4.69) is 5.32 Å². The van der Waals surface area contributed by atoms with E-state index in [1.54, 1.807) is 18.9 Å². The molecule has 0 bridgehead atoms. The number of nitrogens with one attached hydrogen (secondary N) is 1. The maximum absolute atomic E-state index is 11.7. The summed E-state index contributed by atoms with van der Waals surface area (Å²) in [6.07, 6.45) is 3.50. The van der Waals surface area contributed by atoms with Crippen LogP contribution in [0.15, 0.2) is 24.3 Å². The van der Waals surface area contributed by atoms with Gasteiger partial charge in [-0.3, -0.25) is 4.79 Å². The van der Waals surface area contributed by atoms with E-state index in [4.69, 9.17) is 10.5 Å². The van der Waals surface area contributed by atoms with Gasteiger partial charge >= 0.3 is 0 Å². The number of halogens is 1. The first kappa shape index (κ1) is 19.1. The molecular formula is C14H23ClN2O2S. The molecule has 0 aromatic heterocycles. The number of hydrogen-bond donors (Lipinski definition) is 2. The Kier molecular flexibility index (Phi) is 10.3. The van der Waals surface area contributed by atoms with E-state index < -0.39 is 6.04 Å². The fourth-order valence-electron chi connectivity index (χ4n) is 1.67. The topological polar surface area (TPSA) is 64.3 Å². The Hall–Kier alpha value is -0.910. The lowest BCUT2D eigenvalue weighted by atomic mass is 10.1. The first-order chi connectivity index (χ1) is 9.17. The number of nitrogens with two attached hydrogens (primary N) is 1. The maximum Gasteiger partial charge on any atom is 0.236 e. The molecule has 1 rings (SSSR count). The van der Waals surface area contributed by atoms with Gasteiger partial charge in [-0.2, -0.15) is 11.8 Å². The normalized spacial score (nSPS) is 11.3. The fraction of sp³-hybridized carbons (Fsp3) is 0.500. The molecule has 0 aliphatic carbocycles. The van der Waals surface area contributed by atoms with Crippen LogP contribution in [0, 0.1) is 0 Å². The molecule has 114 valence electrons. The molecule has 1 amide bonds. The van der Waals surface area contributed by atoms with Gasteiger partial charge in [0.2, 0.25) is 5.91 Å². The second kappa shape index (κ2) is 10.8. The van der Waals surface area contributed by atoms with Crippen LogP contribution in [0.1, 0.15) is 12.0 Å². The zero-order chi connectivity index (χ0) is 14.1. The summed E-state index contributed by atoms with van der Waals surface area (Å²) in [7, 11) is 1.64. The van der Waals surface area contributed by atoms with Crippen molar-refractivity contribution in [1.29, 1.82) is 0 Å². The van der Waals surface area contributed by atoms with E-state index in [9.17, 15) is 4.79 Å².